The third kappa shape index (κ3) is 3.25. The summed E-state index contributed by atoms with van der Waals surface area (Å²) in [5, 5.41) is 0. The van der Waals surface area contributed by atoms with Crippen LogP contribution in [0, 0.1) is 11.8 Å². The van der Waals surface area contributed by atoms with Gasteiger partial charge in [-0.1, -0.05) is 20.8 Å². The first-order chi connectivity index (χ1) is 6.13. The summed E-state index contributed by atoms with van der Waals surface area (Å²) in [5.74, 6) is 6.92. The van der Waals surface area contributed by atoms with E-state index in [-0.39, 0.29) is 0 Å². The second-order valence-electron chi connectivity index (χ2n) is 4.69. The van der Waals surface area contributed by atoms with E-state index in [0.29, 0.717) is 12.0 Å². The fourth-order valence-electron chi connectivity index (χ4n) is 2.16. The zero-order valence-electron chi connectivity index (χ0n) is 9.09. The Hall–Kier alpha value is -0.120. The Morgan fingerprint density at radius 2 is 2.23 bits per heavy atom. The van der Waals surface area contributed by atoms with Crippen LogP contribution in [0.25, 0.3) is 0 Å². The maximum Gasteiger partial charge on any atom is 0.0260 e. The first kappa shape index (κ1) is 11.0. The quantitative estimate of drug-likeness (QED) is 0.505. The van der Waals surface area contributed by atoms with Crippen LogP contribution in [-0.2, 0) is 0 Å². The van der Waals surface area contributed by atoms with Gasteiger partial charge in [-0.3, -0.25) is 11.3 Å². The average molecular weight is 185 g/mol. The number of hydrogen-bond donors (Lipinski definition) is 2. The van der Waals surface area contributed by atoms with E-state index in [1.54, 1.807) is 0 Å². The zero-order chi connectivity index (χ0) is 9.84. The fourth-order valence-corrected chi connectivity index (χ4v) is 2.16. The highest BCUT2D eigenvalue weighted by molar-refractivity contribution is 4.81. The lowest BCUT2D eigenvalue weighted by Crippen LogP contribution is -2.51. The van der Waals surface area contributed by atoms with E-state index in [1.165, 1.54) is 26.1 Å². The lowest BCUT2D eigenvalue weighted by atomic mass is 9.94. The molecule has 1 fully saturated rings. The van der Waals surface area contributed by atoms with E-state index in [4.69, 9.17) is 5.84 Å². The summed E-state index contributed by atoms with van der Waals surface area (Å²) in [7, 11) is 0. The molecule has 13 heavy (non-hydrogen) atoms. The average Bonchev–Trinajstić information content (AvgIpc) is 2.03. The molecule has 0 bridgehead atoms. The monoisotopic (exact) mass is 185 g/mol. The summed E-state index contributed by atoms with van der Waals surface area (Å²) in [5.41, 5.74) is 2.90. The highest BCUT2D eigenvalue weighted by Gasteiger charge is 2.24. The van der Waals surface area contributed by atoms with Gasteiger partial charge in [0.05, 0.1) is 0 Å². The van der Waals surface area contributed by atoms with Crippen molar-refractivity contribution in [2.45, 2.75) is 33.2 Å². The van der Waals surface area contributed by atoms with Gasteiger partial charge in [0.25, 0.3) is 0 Å². The summed E-state index contributed by atoms with van der Waals surface area (Å²) in [6, 6.07) is 0.517. The van der Waals surface area contributed by atoms with Gasteiger partial charge in [-0.25, -0.2) is 0 Å². The maximum absolute atomic E-state index is 5.47. The van der Waals surface area contributed by atoms with E-state index < -0.39 is 0 Å². The predicted octanol–water partition coefficient (Wildman–Crippen LogP) is 0.816. The Kier molecular flexibility index (Phi) is 4.16. The molecule has 1 aliphatic heterocycles. The maximum atomic E-state index is 5.47. The van der Waals surface area contributed by atoms with Gasteiger partial charge in [0, 0.05) is 19.1 Å². The summed E-state index contributed by atoms with van der Waals surface area (Å²) >= 11 is 0. The van der Waals surface area contributed by atoms with Crippen molar-refractivity contribution < 1.29 is 0 Å². The molecule has 0 amide bonds. The Balaban J connectivity index is 2.32. The van der Waals surface area contributed by atoms with Gasteiger partial charge in [0.2, 0.25) is 0 Å². The molecule has 1 aliphatic rings. The minimum absolute atomic E-state index is 0.517. The molecule has 0 radical (unpaired) electrons. The normalized spacial score (nSPS) is 31.2. The van der Waals surface area contributed by atoms with Crippen LogP contribution in [0.15, 0.2) is 0 Å². The van der Waals surface area contributed by atoms with Gasteiger partial charge in [-0.15, -0.1) is 0 Å². The second kappa shape index (κ2) is 4.94. The van der Waals surface area contributed by atoms with Crippen molar-refractivity contribution in [2.75, 3.05) is 19.6 Å². The molecule has 1 rings (SSSR count). The molecule has 0 aromatic heterocycles. The van der Waals surface area contributed by atoms with E-state index in [9.17, 15) is 0 Å². The van der Waals surface area contributed by atoms with Crippen molar-refractivity contribution in [3.8, 4) is 0 Å². The van der Waals surface area contributed by atoms with E-state index in [1.807, 2.05) is 0 Å². The molecule has 0 saturated carbocycles. The molecule has 3 nitrogen and oxygen atoms in total. The molecule has 1 heterocycles. The first-order valence-electron chi connectivity index (χ1n) is 5.32. The minimum atomic E-state index is 0.517. The van der Waals surface area contributed by atoms with Crippen LogP contribution in [0.4, 0.5) is 0 Å². The number of piperidine rings is 1. The molecular weight excluding hydrogens is 162 g/mol. The predicted molar refractivity (Wildman–Crippen MR) is 56.2 cm³/mol. The molecule has 0 aromatic carbocycles. The minimum Gasteiger partial charge on any atom is -0.303 e. The fraction of sp³-hybridized carbons (Fsp3) is 1.00. The number of nitrogens with one attached hydrogen (secondary N) is 1. The molecule has 3 heteroatoms. The highest BCUT2D eigenvalue weighted by Crippen LogP contribution is 2.16. The first-order valence-corrected chi connectivity index (χ1v) is 5.32. The highest BCUT2D eigenvalue weighted by atomic mass is 15.3. The van der Waals surface area contributed by atoms with Crippen molar-refractivity contribution in [3.05, 3.63) is 0 Å². The van der Waals surface area contributed by atoms with E-state index in [0.717, 1.165) is 5.92 Å². The molecule has 2 unspecified atom stereocenters. The Labute approximate surface area is 81.6 Å². The largest absolute Gasteiger partial charge is 0.303 e. The van der Waals surface area contributed by atoms with Crippen molar-refractivity contribution >= 4 is 0 Å². The van der Waals surface area contributed by atoms with Gasteiger partial charge in [-0.2, -0.15) is 0 Å². The van der Waals surface area contributed by atoms with Crippen molar-refractivity contribution in [1.29, 1.82) is 0 Å². The summed E-state index contributed by atoms with van der Waals surface area (Å²) in [4.78, 5) is 2.54. The van der Waals surface area contributed by atoms with E-state index in [2.05, 4.69) is 31.1 Å². The molecule has 78 valence electrons. The lowest BCUT2D eigenvalue weighted by molar-refractivity contribution is 0.135. The third-order valence-corrected chi connectivity index (χ3v) is 2.83. The van der Waals surface area contributed by atoms with Gasteiger partial charge in [-0.05, 0) is 24.8 Å². The zero-order valence-corrected chi connectivity index (χ0v) is 9.09. The Morgan fingerprint density at radius 3 is 2.69 bits per heavy atom. The summed E-state index contributed by atoms with van der Waals surface area (Å²) in [6.07, 6.45) is 1.18. The number of rotatable bonds is 3. The summed E-state index contributed by atoms with van der Waals surface area (Å²) in [6.45, 7) is 10.4. The van der Waals surface area contributed by atoms with Crippen LogP contribution in [0.3, 0.4) is 0 Å². The number of likely N-dealkylation sites (tertiary alicyclic amines) is 1. The lowest BCUT2D eigenvalue weighted by Gasteiger charge is -2.37. The van der Waals surface area contributed by atoms with Crippen molar-refractivity contribution in [3.63, 3.8) is 0 Å². The van der Waals surface area contributed by atoms with Crippen molar-refractivity contribution in [1.82, 2.24) is 10.3 Å². The molecular formula is C10H23N3. The smallest absolute Gasteiger partial charge is 0.0260 e. The topological polar surface area (TPSA) is 41.3 Å². The van der Waals surface area contributed by atoms with Gasteiger partial charge >= 0.3 is 0 Å². The number of nitrogens with zero attached hydrogens (tertiary/aromatic N) is 1. The van der Waals surface area contributed by atoms with Crippen LogP contribution in [0.1, 0.15) is 27.2 Å². The van der Waals surface area contributed by atoms with E-state index >= 15 is 0 Å². The van der Waals surface area contributed by atoms with Gasteiger partial charge < -0.3 is 4.90 Å². The number of nitrogens with two attached hydrogens (primary N) is 1. The van der Waals surface area contributed by atoms with Crippen LogP contribution < -0.4 is 11.3 Å². The van der Waals surface area contributed by atoms with Crippen LogP contribution in [-0.4, -0.2) is 30.6 Å². The molecule has 2 atom stereocenters. The molecule has 0 spiro atoms. The number of hydrazine groups is 1. The van der Waals surface area contributed by atoms with Gasteiger partial charge in [0.15, 0.2) is 0 Å². The van der Waals surface area contributed by atoms with Crippen molar-refractivity contribution in [2.24, 2.45) is 17.7 Å². The molecule has 0 aliphatic carbocycles. The SMILES string of the molecule is CC(C)CN1CCC(NN)C(C)C1. The Morgan fingerprint density at radius 1 is 1.54 bits per heavy atom. The van der Waals surface area contributed by atoms with Crippen LogP contribution in [0.2, 0.25) is 0 Å². The van der Waals surface area contributed by atoms with Gasteiger partial charge in [0.1, 0.15) is 0 Å². The second-order valence-corrected chi connectivity index (χ2v) is 4.69. The molecule has 0 aromatic rings. The third-order valence-electron chi connectivity index (χ3n) is 2.83. The Bertz CT molecular complexity index is 147. The molecule has 1 saturated heterocycles. The van der Waals surface area contributed by atoms with Crippen LogP contribution in [0.5, 0.6) is 0 Å². The number of hydrogen-bond acceptors (Lipinski definition) is 3. The molecule has 3 N–H and O–H groups in total. The van der Waals surface area contributed by atoms with Crippen LogP contribution >= 0.6 is 0 Å². The summed E-state index contributed by atoms with van der Waals surface area (Å²) < 4.78 is 0. The standard InChI is InChI=1S/C10H23N3/c1-8(2)6-13-5-4-10(12-11)9(3)7-13/h8-10,12H,4-7,11H2,1-3H3.